The van der Waals surface area contributed by atoms with Crippen LogP contribution in [0, 0.1) is 5.92 Å². The SMILES string of the molecule is O=C(CNC(=O)[C@H]1CC(=O)N(c2ccc3c(c2)OCCO3)C1)OCc1ccccc1. The van der Waals surface area contributed by atoms with Crippen molar-refractivity contribution in [3.63, 3.8) is 0 Å². The first-order valence-corrected chi connectivity index (χ1v) is 9.77. The van der Waals surface area contributed by atoms with Crippen molar-refractivity contribution in [3.05, 3.63) is 54.1 Å². The summed E-state index contributed by atoms with van der Waals surface area (Å²) in [7, 11) is 0. The summed E-state index contributed by atoms with van der Waals surface area (Å²) in [6.07, 6.45) is 0.0827. The van der Waals surface area contributed by atoms with Gasteiger partial charge < -0.3 is 24.4 Å². The fourth-order valence-electron chi connectivity index (χ4n) is 3.43. The van der Waals surface area contributed by atoms with Gasteiger partial charge in [-0.15, -0.1) is 0 Å². The predicted octanol–water partition coefficient (Wildman–Crippen LogP) is 1.67. The van der Waals surface area contributed by atoms with Crippen LogP contribution in [-0.4, -0.2) is 44.1 Å². The Bertz CT molecular complexity index is 946. The van der Waals surface area contributed by atoms with Gasteiger partial charge in [-0.05, 0) is 17.7 Å². The van der Waals surface area contributed by atoms with Crippen molar-refractivity contribution < 1.29 is 28.6 Å². The molecule has 2 aromatic carbocycles. The zero-order valence-electron chi connectivity index (χ0n) is 16.3. The summed E-state index contributed by atoms with van der Waals surface area (Å²) in [6.45, 7) is 1.10. The lowest BCUT2D eigenvalue weighted by molar-refractivity contribution is -0.145. The Hall–Kier alpha value is -3.55. The van der Waals surface area contributed by atoms with Gasteiger partial charge >= 0.3 is 5.97 Å². The van der Waals surface area contributed by atoms with E-state index >= 15 is 0 Å². The summed E-state index contributed by atoms with van der Waals surface area (Å²) in [6, 6.07) is 14.6. The number of amides is 2. The van der Waals surface area contributed by atoms with Crippen molar-refractivity contribution in [2.75, 3.05) is 31.2 Å². The van der Waals surface area contributed by atoms with Crippen LogP contribution in [0.1, 0.15) is 12.0 Å². The van der Waals surface area contributed by atoms with E-state index in [-0.39, 0.29) is 37.9 Å². The average molecular weight is 410 g/mol. The second kappa shape index (κ2) is 8.86. The fourth-order valence-corrected chi connectivity index (χ4v) is 3.43. The van der Waals surface area contributed by atoms with Crippen molar-refractivity contribution in [2.24, 2.45) is 5.92 Å². The summed E-state index contributed by atoms with van der Waals surface area (Å²) in [5.41, 5.74) is 1.52. The van der Waals surface area contributed by atoms with Gasteiger partial charge in [0, 0.05) is 24.7 Å². The van der Waals surface area contributed by atoms with Gasteiger partial charge in [0.25, 0.3) is 0 Å². The highest BCUT2D eigenvalue weighted by atomic mass is 16.6. The molecule has 0 bridgehead atoms. The summed E-state index contributed by atoms with van der Waals surface area (Å²) in [5.74, 6) is -0.341. The number of esters is 1. The highest BCUT2D eigenvalue weighted by Gasteiger charge is 2.35. The molecule has 2 aromatic rings. The van der Waals surface area contributed by atoms with Crippen LogP contribution in [0.4, 0.5) is 5.69 Å². The van der Waals surface area contributed by atoms with Crippen LogP contribution in [0.15, 0.2) is 48.5 Å². The fraction of sp³-hybridized carbons (Fsp3) is 0.318. The molecule has 2 heterocycles. The Morgan fingerprint density at radius 1 is 1.07 bits per heavy atom. The number of hydrogen-bond acceptors (Lipinski definition) is 6. The van der Waals surface area contributed by atoms with Crippen LogP contribution in [0.25, 0.3) is 0 Å². The molecule has 0 unspecified atom stereocenters. The van der Waals surface area contributed by atoms with E-state index in [4.69, 9.17) is 14.2 Å². The molecule has 0 saturated carbocycles. The minimum absolute atomic E-state index is 0.0827. The summed E-state index contributed by atoms with van der Waals surface area (Å²) in [5, 5.41) is 2.57. The highest BCUT2D eigenvalue weighted by molar-refractivity contribution is 6.00. The van der Waals surface area contributed by atoms with Crippen molar-refractivity contribution >= 4 is 23.5 Å². The molecule has 2 amide bonds. The van der Waals surface area contributed by atoms with E-state index in [1.807, 2.05) is 30.3 Å². The van der Waals surface area contributed by atoms with E-state index in [0.29, 0.717) is 30.4 Å². The number of ether oxygens (including phenoxy) is 3. The average Bonchev–Trinajstić information content (AvgIpc) is 3.18. The van der Waals surface area contributed by atoms with Crippen LogP contribution in [0.2, 0.25) is 0 Å². The molecule has 0 aromatic heterocycles. The standard InChI is InChI=1S/C22H22N2O6/c25-20-10-16(13-24(20)17-6-7-18-19(11-17)29-9-8-28-18)22(27)23-12-21(26)30-14-15-4-2-1-3-5-15/h1-7,11,16H,8-10,12-14H2,(H,23,27)/t16-/m0/s1. The highest BCUT2D eigenvalue weighted by Crippen LogP contribution is 2.35. The van der Waals surface area contributed by atoms with Crippen LogP contribution < -0.4 is 19.7 Å². The number of carbonyl (C=O) groups excluding carboxylic acids is 3. The number of nitrogens with one attached hydrogen (secondary N) is 1. The van der Waals surface area contributed by atoms with Crippen molar-refractivity contribution in [1.29, 1.82) is 0 Å². The van der Waals surface area contributed by atoms with E-state index in [0.717, 1.165) is 5.56 Å². The molecule has 8 heteroatoms. The molecule has 156 valence electrons. The summed E-state index contributed by atoms with van der Waals surface area (Å²) in [4.78, 5) is 38.3. The third-order valence-electron chi connectivity index (χ3n) is 4.98. The molecular weight excluding hydrogens is 388 g/mol. The minimum atomic E-state index is -0.535. The van der Waals surface area contributed by atoms with E-state index in [1.54, 1.807) is 23.1 Å². The number of nitrogens with zero attached hydrogens (tertiary/aromatic N) is 1. The van der Waals surface area contributed by atoms with Crippen molar-refractivity contribution in [1.82, 2.24) is 5.32 Å². The van der Waals surface area contributed by atoms with Gasteiger partial charge in [-0.25, -0.2) is 0 Å². The van der Waals surface area contributed by atoms with E-state index in [1.165, 1.54) is 0 Å². The van der Waals surface area contributed by atoms with Crippen LogP contribution in [0.3, 0.4) is 0 Å². The molecule has 1 saturated heterocycles. The summed E-state index contributed by atoms with van der Waals surface area (Å²) < 4.78 is 16.2. The zero-order chi connectivity index (χ0) is 20.9. The maximum absolute atomic E-state index is 12.4. The molecule has 1 atom stereocenters. The molecule has 0 spiro atoms. The van der Waals surface area contributed by atoms with Gasteiger partial charge in [0.2, 0.25) is 11.8 Å². The number of rotatable bonds is 6. The number of benzene rings is 2. The van der Waals surface area contributed by atoms with Crippen molar-refractivity contribution in [2.45, 2.75) is 13.0 Å². The lowest BCUT2D eigenvalue weighted by Gasteiger charge is -2.22. The van der Waals surface area contributed by atoms with E-state index in [9.17, 15) is 14.4 Å². The van der Waals surface area contributed by atoms with Crippen LogP contribution >= 0.6 is 0 Å². The van der Waals surface area contributed by atoms with Crippen molar-refractivity contribution in [3.8, 4) is 11.5 Å². The molecule has 4 rings (SSSR count). The number of fused-ring (bicyclic) bond motifs is 1. The Labute approximate surface area is 173 Å². The quantitative estimate of drug-likeness (QED) is 0.728. The zero-order valence-corrected chi connectivity index (χ0v) is 16.3. The third kappa shape index (κ3) is 4.53. The lowest BCUT2D eigenvalue weighted by Crippen LogP contribution is -2.36. The minimum Gasteiger partial charge on any atom is -0.486 e. The van der Waals surface area contributed by atoms with Crippen LogP contribution in [-0.2, 0) is 25.7 Å². The molecular formula is C22H22N2O6. The molecule has 0 radical (unpaired) electrons. The van der Waals surface area contributed by atoms with Gasteiger partial charge in [0.1, 0.15) is 26.4 Å². The predicted molar refractivity (Wildman–Crippen MR) is 107 cm³/mol. The molecule has 1 fully saturated rings. The first-order chi connectivity index (χ1) is 14.6. The lowest BCUT2D eigenvalue weighted by atomic mass is 10.1. The van der Waals surface area contributed by atoms with Gasteiger partial charge in [0.05, 0.1) is 5.92 Å². The molecule has 0 aliphatic carbocycles. The van der Waals surface area contributed by atoms with Gasteiger partial charge in [0.15, 0.2) is 11.5 Å². The molecule has 2 aliphatic heterocycles. The van der Waals surface area contributed by atoms with E-state index < -0.39 is 11.9 Å². The van der Waals surface area contributed by atoms with Gasteiger partial charge in [-0.3, -0.25) is 14.4 Å². The Morgan fingerprint density at radius 3 is 2.63 bits per heavy atom. The van der Waals surface area contributed by atoms with Crippen LogP contribution in [0.5, 0.6) is 11.5 Å². The van der Waals surface area contributed by atoms with E-state index in [2.05, 4.69) is 5.32 Å². The topological polar surface area (TPSA) is 94.2 Å². The Morgan fingerprint density at radius 2 is 1.83 bits per heavy atom. The largest absolute Gasteiger partial charge is 0.486 e. The maximum Gasteiger partial charge on any atom is 0.325 e. The smallest absolute Gasteiger partial charge is 0.325 e. The molecule has 1 N–H and O–H groups in total. The first-order valence-electron chi connectivity index (χ1n) is 9.77. The Kier molecular flexibility index (Phi) is 5.83. The summed E-state index contributed by atoms with van der Waals surface area (Å²) >= 11 is 0. The monoisotopic (exact) mass is 410 g/mol. The van der Waals surface area contributed by atoms with Gasteiger partial charge in [-0.2, -0.15) is 0 Å². The molecule has 2 aliphatic rings. The third-order valence-corrected chi connectivity index (χ3v) is 4.98. The number of hydrogen-bond donors (Lipinski definition) is 1. The normalized spacial score (nSPS) is 17.5. The Balaban J connectivity index is 1.28. The molecule has 30 heavy (non-hydrogen) atoms. The number of carbonyl (C=O) groups is 3. The second-order valence-corrected chi connectivity index (χ2v) is 7.10. The second-order valence-electron chi connectivity index (χ2n) is 7.10. The number of anilines is 1. The first kappa shape index (κ1) is 19.8. The van der Waals surface area contributed by atoms with Gasteiger partial charge in [-0.1, -0.05) is 30.3 Å². The maximum atomic E-state index is 12.4. The molecule has 8 nitrogen and oxygen atoms in total.